The molecule has 0 aromatic heterocycles. The van der Waals surface area contributed by atoms with Crippen LogP contribution in [0.2, 0.25) is 0 Å². The maximum absolute atomic E-state index is 11.5. The molecular formula is C9H18N2O. The van der Waals surface area contributed by atoms with Crippen molar-refractivity contribution in [3.8, 4) is 0 Å². The van der Waals surface area contributed by atoms with Gasteiger partial charge in [0.25, 0.3) is 0 Å². The number of carbonyl (C=O) groups excluding carboxylic acids is 1. The third-order valence-electron chi connectivity index (χ3n) is 2.10. The fraction of sp³-hybridized carbons (Fsp3) is 0.889. The first kappa shape index (κ1) is 9.52. The molecular weight excluding hydrogens is 152 g/mol. The van der Waals surface area contributed by atoms with E-state index >= 15 is 0 Å². The van der Waals surface area contributed by atoms with Gasteiger partial charge in [-0.1, -0.05) is 13.8 Å². The highest BCUT2D eigenvalue weighted by atomic mass is 16.2. The van der Waals surface area contributed by atoms with Gasteiger partial charge in [-0.3, -0.25) is 4.79 Å². The Morgan fingerprint density at radius 1 is 1.67 bits per heavy atom. The first-order chi connectivity index (χ1) is 5.61. The summed E-state index contributed by atoms with van der Waals surface area (Å²) in [7, 11) is 0. The van der Waals surface area contributed by atoms with E-state index in [9.17, 15) is 4.79 Å². The van der Waals surface area contributed by atoms with Crippen LogP contribution >= 0.6 is 0 Å². The van der Waals surface area contributed by atoms with Crippen molar-refractivity contribution < 1.29 is 4.79 Å². The van der Waals surface area contributed by atoms with Crippen molar-refractivity contribution in [3.05, 3.63) is 0 Å². The SMILES string of the molecule is CC(C)CN1CCN[C@H](C)C1=O. The minimum Gasteiger partial charge on any atom is -0.340 e. The molecule has 1 atom stereocenters. The number of carbonyl (C=O) groups is 1. The van der Waals surface area contributed by atoms with Crippen LogP contribution < -0.4 is 5.32 Å². The second-order valence-electron chi connectivity index (χ2n) is 3.85. The molecule has 1 saturated heterocycles. The minimum atomic E-state index is 0.0116. The van der Waals surface area contributed by atoms with E-state index in [0.717, 1.165) is 19.6 Å². The zero-order chi connectivity index (χ0) is 9.14. The van der Waals surface area contributed by atoms with Crippen molar-refractivity contribution in [2.75, 3.05) is 19.6 Å². The Balaban J connectivity index is 2.46. The van der Waals surface area contributed by atoms with Crippen LogP contribution in [0.3, 0.4) is 0 Å². The zero-order valence-electron chi connectivity index (χ0n) is 8.13. The summed E-state index contributed by atoms with van der Waals surface area (Å²) in [6, 6.07) is 0.0116. The number of hydrogen-bond acceptors (Lipinski definition) is 2. The number of hydrogen-bond donors (Lipinski definition) is 1. The van der Waals surface area contributed by atoms with Gasteiger partial charge < -0.3 is 10.2 Å². The lowest BCUT2D eigenvalue weighted by Gasteiger charge is -2.32. The van der Waals surface area contributed by atoms with Crippen LogP contribution in [-0.2, 0) is 4.79 Å². The largest absolute Gasteiger partial charge is 0.340 e. The van der Waals surface area contributed by atoms with E-state index in [2.05, 4.69) is 19.2 Å². The van der Waals surface area contributed by atoms with Crippen LogP contribution in [-0.4, -0.2) is 36.5 Å². The first-order valence-electron chi connectivity index (χ1n) is 4.63. The van der Waals surface area contributed by atoms with Gasteiger partial charge in [0, 0.05) is 19.6 Å². The molecule has 0 aromatic carbocycles. The van der Waals surface area contributed by atoms with Crippen molar-refractivity contribution in [1.29, 1.82) is 0 Å². The molecule has 1 rings (SSSR count). The molecule has 12 heavy (non-hydrogen) atoms. The molecule has 1 fully saturated rings. The van der Waals surface area contributed by atoms with E-state index in [1.165, 1.54) is 0 Å². The lowest BCUT2D eigenvalue weighted by Crippen LogP contribution is -2.54. The average Bonchev–Trinajstić information content (AvgIpc) is 1.98. The van der Waals surface area contributed by atoms with Crippen LogP contribution in [0, 0.1) is 5.92 Å². The van der Waals surface area contributed by atoms with E-state index < -0.39 is 0 Å². The van der Waals surface area contributed by atoms with Crippen LogP contribution in [0.5, 0.6) is 0 Å². The number of nitrogens with zero attached hydrogens (tertiary/aromatic N) is 1. The van der Waals surface area contributed by atoms with Crippen LogP contribution in [0.25, 0.3) is 0 Å². The summed E-state index contributed by atoms with van der Waals surface area (Å²) in [6.07, 6.45) is 0. The van der Waals surface area contributed by atoms with E-state index in [4.69, 9.17) is 0 Å². The second-order valence-corrected chi connectivity index (χ2v) is 3.85. The Kier molecular flexibility index (Phi) is 3.09. The zero-order valence-corrected chi connectivity index (χ0v) is 8.13. The van der Waals surface area contributed by atoms with E-state index in [1.54, 1.807) is 0 Å². The van der Waals surface area contributed by atoms with Crippen molar-refractivity contribution in [1.82, 2.24) is 10.2 Å². The summed E-state index contributed by atoms with van der Waals surface area (Å²) < 4.78 is 0. The molecule has 1 N–H and O–H groups in total. The summed E-state index contributed by atoms with van der Waals surface area (Å²) in [6.45, 7) is 8.89. The van der Waals surface area contributed by atoms with E-state index in [1.807, 2.05) is 11.8 Å². The van der Waals surface area contributed by atoms with Gasteiger partial charge in [-0.15, -0.1) is 0 Å². The smallest absolute Gasteiger partial charge is 0.239 e. The molecule has 0 spiro atoms. The van der Waals surface area contributed by atoms with Gasteiger partial charge >= 0.3 is 0 Å². The van der Waals surface area contributed by atoms with E-state index in [-0.39, 0.29) is 11.9 Å². The summed E-state index contributed by atoms with van der Waals surface area (Å²) in [4.78, 5) is 13.5. The Bertz CT molecular complexity index is 168. The van der Waals surface area contributed by atoms with Crippen molar-refractivity contribution in [3.63, 3.8) is 0 Å². The summed E-state index contributed by atoms with van der Waals surface area (Å²) in [5.74, 6) is 0.814. The van der Waals surface area contributed by atoms with Crippen molar-refractivity contribution >= 4 is 5.91 Å². The molecule has 0 radical (unpaired) electrons. The van der Waals surface area contributed by atoms with Gasteiger partial charge in [0.15, 0.2) is 0 Å². The molecule has 1 heterocycles. The lowest BCUT2D eigenvalue weighted by molar-refractivity contribution is -0.135. The monoisotopic (exact) mass is 170 g/mol. The number of nitrogens with one attached hydrogen (secondary N) is 1. The van der Waals surface area contributed by atoms with Crippen LogP contribution in [0.4, 0.5) is 0 Å². The molecule has 70 valence electrons. The highest BCUT2D eigenvalue weighted by Crippen LogP contribution is 2.04. The standard InChI is InChI=1S/C9H18N2O/c1-7(2)6-11-5-4-10-8(3)9(11)12/h7-8,10H,4-6H2,1-3H3/t8-/m1/s1. The minimum absolute atomic E-state index is 0.0116. The normalized spacial score (nSPS) is 25.2. The van der Waals surface area contributed by atoms with Gasteiger partial charge in [0.2, 0.25) is 5.91 Å². The lowest BCUT2D eigenvalue weighted by atomic mass is 10.1. The third kappa shape index (κ3) is 2.21. The Labute approximate surface area is 74.1 Å². The Hall–Kier alpha value is -0.570. The number of amides is 1. The van der Waals surface area contributed by atoms with Crippen LogP contribution in [0.15, 0.2) is 0 Å². The van der Waals surface area contributed by atoms with Gasteiger partial charge in [-0.2, -0.15) is 0 Å². The fourth-order valence-corrected chi connectivity index (χ4v) is 1.51. The molecule has 0 aromatic rings. The van der Waals surface area contributed by atoms with Gasteiger partial charge in [-0.05, 0) is 12.8 Å². The summed E-state index contributed by atoms with van der Waals surface area (Å²) in [5.41, 5.74) is 0. The third-order valence-corrected chi connectivity index (χ3v) is 2.10. The van der Waals surface area contributed by atoms with Gasteiger partial charge in [-0.25, -0.2) is 0 Å². The molecule has 1 aliphatic rings. The molecule has 1 aliphatic heterocycles. The topological polar surface area (TPSA) is 32.3 Å². The van der Waals surface area contributed by atoms with E-state index in [0.29, 0.717) is 5.92 Å². The second kappa shape index (κ2) is 3.90. The Morgan fingerprint density at radius 3 is 2.92 bits per heavy atom. The predicted molar refractivity (Wildman–Crippen MR) is 48.9 cm³/mol. The highest BCUT2D eigenvalue weighted by Gasteiger charge is 2.24. The molecule has 0 unspecified atom stereocenters. The number of piperazine rings is 1. The highest BCUT2D eigenvalue weighted by molar-refractivity contribution is 5.82. The maximum Gasteiger partial charge on any atom is 0.239 e. The molecule has 3 heteroatoms. The maximum atomic E-state index is 11.5. The molecule has 0 saturated carbocycles. The molecule has 1 amide bonds. The van der Waals surface area contributed by atoms with Crippen LogP contribution in [0.1, 0.15) is 20.8 Å². The molecule has 0 aliphatic carbocycles. The van der Waals surface area contributed by atoms with Gasteiger partial charge in [0.05, 0.1) is 6.04 Å². The van der Waals surface area contributed by atoms with Gasteiger partial charge in [0.1, 0.15) is 0 Å². The van der Waals surface area contributed by atoms with Crippen molar-refractivity contribution in [2.45, 2.75) is 26.8 Å². The summed E-state index contributed by atoms with van der Waals surface area (Å²) in [5, 5.41) is 3.14. The molecule has 3 nitrogen and oxygen atoms in total. The predicted octanol–water partition coefficient (Wildman–Crippen LogP) is 0.463. The quantitative estimate of drug-likeness (QED) is 0.653. The first-order valence-corrected chi connectivity index (χ1v) is 4.63. The average molecular weight is 170 g/mol. The van der Waals surface area contributed by atoms with Crippen molar-refractivity contribution in [2.24, 2.45) is 5.92 Å². The summed E-state index contributed by atoms with van der Waals surface area (Å²) >= 11 is 0. The Morgan fingerprint density at radius 2 is 2.33 bits per heavy atom. The molecule has 0 bridgehead atoms. The fourth-order valence-electron chi connectivity index (χ4n) is 1.51. The number of rotatable bonds is 2.